The van der Waals surface area contributed by atoms with Crippen LogP contribution < -0.4 is 5.32 Å². The van der Waals surface area contributed by atoms with Crippen LogP contribution in [-0.2, 0) is 4.79 Å². The molecule has 0 spiro atoms. The molecule has 0 unspecified atom stereocenters. The smallest absolute Gasteiger partial charge is 0.231 e. The maximum atomic E-state index is 12.1. The van der Waals surface area contributed by atoms with Gasteiger partial charge in [0.25, 0.3) is 0 Å². The largest absolute Gasteiger partial charge is 0.459 e. The summed E-state index contributed by atoms with van der Waals surface area (Å²) in [6, 6.07) is 14.9. The number of furan rings is 1. The molecule has 1 amide bonds. The standard InChI is InChI=1S/C18H15N3O2S/c1-12(16-9-13-5-2-3-7-15(13)23-16)21-17(22)11-24-18-14(10-19)6-4-8-20-18/h2-9,12H,11H2,1H3,(H,21,22)/t12-/m1/s1. The number of nitrogens with one attached hydrogen (secondary N) is 1. The molecule has 1 aromatic carbocycles. The summed E-state index contributed by atoms with van der Waals surface area (Å²) in [5.74, 6) is 0.767. The number of nitrogens with zero attached hydrogens (tertiary/aromatic N) is 2. The van der Waals surface area contributed by atoms with E-state index >= 15 is 0 Å². The molecule has 0 fully saturated rings. The molecule has 5 nitrogen and oxygen atoms in total. The topological polar surface area (TPSA) is 78.9 Å². The number of benzene rings is 1. The maximum absolute atomic E-state index is 12.1. The lowest BCUT2D eigenvalue weighted by atomic mass is 10.2. The molecule has 0 saturated heterocycles. The average Bonchev–Trinajstić information content (AvgIpc) is 3.04. The van der Waals surface area contributed by atoms with E-state index < -0.39 is 0 Å². The first-order valence-corrected chi connectivity index (χ1v) is 8.41. The van der Waals surface area contributed by atoms with Gasteiger partial charge in [0, 0.05) is 11.6 Å². The molecule has 2 heterocycles. The molecule has 0 radical (unpaired) electrons. The van der Waals surface area contributed by atoms with Crippen LogP contribution in [0.5, 0.6) is 0 Å². The number of hydrogen-bond acceptors (Lipinski definition) is 5. The Hall–Kier alpha value is -2.78. The molecule has 2 aromatic heterocycles. The number of carbonyl (C=O) groups excluding carboxylic acids is 1. The third-order valence-electron chi connectivity index (χ3n) is 3.48. The van der Waals surface area contributed by atoms with Gasteiger partial charge >= 0.3 is 0 Å². The van der Waals surface area contributed by atoms with E-state index in [1.54, 1.807) is 18.3 Å². The molecule has 0 bridgehead atoms. The minimum atomic E-state index is -0.232. The zero-order chi connectivity index (χ0) is 16.9. The van der Waals surface area contributed by atoms with E-state index in [2.05, 4.69) is 16.4 Å². The Labute approximate surface area is 143 Å². The summed E-state index contributed by atoms with van der Waals surface area (Å²) in [6.45, 7) is 1.88. The van der Waals surface area contributed by atoms with E-state index in [9.17, 15) is 4.79 Å². The summed E-state index contributed by atoms with van der Waals surface area (Å²) in [4.78, 5) is 16.3. The molecule has 3 rings (SSSR count). The predicted octanol–water partition coefficient (Wildman–Crippen LogP) is 3.67. The van der Waals surface area contributed by atoms with Crippen molar-refractivity contribution < 1.29 is 9.21 Å². The highest BCUT2D eigenvalue weighted by Crippen LogP contribution is 2.24. The van der Waals surface area contributed by atoms with E-state index in [0.717, 1.165) is 11.0 Å². The van der Waals surface area contributed by atoms with Crippen molar-refractivity contribution in [2.45, 2.75) is 18.0 Å². The van der Waals surface area contributed by atoms with Gasteiger partial charge in [-0.2, -0.15) is 5.26 Å². The summed E-state index contributed by atoms with van der Waals surface area (Å²) in [5, 5.41) is 13.5. The van der Waals surface area contributed by atoms with E-state index in [-0.39, 0.29) is 17.7 Å². The van der Waals surface area contributed by atoms with Gasteiger partial charge < -0.3 is 9.73 Å². The fourth-order valence-corrected chi connectivity index (χ4v) is 3.05. The molecule has 0 saturated carbocycles. The summed E-state index contributed by atoms with van der Waals surface area (Å²) >= 11 is 1.25. The number of aromatic nitrogens is 1. The van der Waals surface area contributed by atoms with Gasteiger partial charge in [-0.15, -0.1) is 0 Å². The highest BCUT2D eigenvalue weighted by Gasteiger charge is 2.15. The monoisotopic (exact) mass is 337 g/mol. The van der Waals surface area contributed by atoms with Crippen molar-refractivity contribution in [2.24, 2.45) is 0 Å². The van der Waals surface area contributed by atoms with Crippen LogP contribution in [0.1, 0.15) is 24.3 Å². The second-order valence-corrected chi connectivity index (χ2v) is 6.20. The van der Waals surface area contributed by atoms with Gasteiger partial charge in [-0.05, 0) is 31.2 Å². The number of amides is 1. The highest BCUT2D eigenvalue weighted by atomic mass is 32.2. The number of carbonyl (C=O) groups is 1. The Morgan fingerprint density at radius 1 is 1.38 bits per heavy atom. The molecule has 3 aromatic rings. The fourth-order valence-electron chi connectivity index (χ4n) is 2.29. The van der Waals surface area contributed by atoms with E-state index in [4.69, 9.17) is 9.68 Å². The van der Waals surface area contributed by atoms with Gasteiger partial charge in [0.2, 0.25) is 5.91 Å². The Kier molecular flexibility index (Phi) is 4.82. The van der Waals surface area contributed by atoms with Crippen molar-refractivity contribution >= 4 is 28.6 Å². The van der Waals surface area contributed by atoms with Crippen LogP contribution in [0, 0.1) is 11.3 Å². The van der Waals surface area contributed by atoms with Gasteiger partial charge in [0.1, 0.15) is 22.4 Å². The van der Waals surface area contributed by atoms with Crippen molar-refractivity contribution in [1.82, 2.24) is 10.3 Å². The minimum absolute atomic E-state index is 0.137. The number of thioether (sulfide) groups is 1. The van der Waals surface area contributed by atoms with Crippen LogP contribution in [0.4, 0.5) is 0 Å². The lowest BCUT2D eigenvalue weighted by Gasteiger charge is -2.11. The molecule has 120 valence electrons. The predicted molar refractivity (Wildman–Crippen MR) is 92.4 cm³/mol. The van der Waals surface area contributed by atoms with Gasteiger partial charge in [-0.25, -0.2) is 4.98 Å². The molecule has 1 atom stereocenters. The first-order valence-electron chi connectivity index (χ1n) is 7.43. The molecule has 24 heavy (non-hydrogen) atoms. The van der Waals surface area contributed by atoms with Crippen LogP contribution in [0.15, 0.2) is 58.1 Å². The molecule has 0 aliphatic rings. The summed E-state index contributed by atoms with van der Waals surface area (Å²) in [6.07, 6.45) is 1.61. The normalized spacial score (nSPS) is 11.8. The Balaban J connectivity index is 1.61. The van der Waals surface area contributed by atoms with Gasteiger partial charge in [-0.1, -0.05) is 30.0 Å². The zero-order valence-electron chi connectivity index (χ0n) is 13.0. The third-order valence-corrected chi connectivity index (χ3v) is 4.49. The number of rotatable bonds is 5. The first-order chi connectivity index (χ1) is 11.7. The summed E-state index contributed by atoms with van der Waals surface area (Å²) < 4.78 is 5.75. The number of hydrogen-bond donors (Lipinski definition) is 1. The lowest BCUT2D eigenvalue weighted by molar-refractivity contribution is -0.119. The average molecular weight is 337 g/mol. The third kappa shape index (κ3) is 3.58. The molecular weight excluding hydrogens is 322 g/mol. The number of para-hydroxylation sites is 1. The first kappa shape index (κ1) is 16.1. The van der Waals surface area contributed by atoms with E-state index in [1.165, 1.54) is 11.8 Å². The molecule has 1 N–H and O–H groups in total. The quantitative estimate of drug-likeness (QED) is 0.719. The van der Waals surface area contributed by atoms with E-state index in [0.29, 0.717) is 16.3 Å². The molecule has 0 aliphatic carbocycles. The van der Waals surface area contributed by atoms with Crippen LogP contribution >= 0.6 is 11.8 Å². The number of pyridine rings is 1. The lowest BCUT2D eigenvalue weighted by Crippen LogP contribution is -2.28. The number of fused-ring (bicyclic) bond motifs is 1. The summed E-state index contributed by atoms with van der Waals surface area (Å²) in [7, 11) is 0. The van der Waals surface area contributed by atoms with Gasteiger partial charge in [0.15, 0.2) is 0 Å². The summed E-state index contributed by atoms with van der Waals surface area (Å²) in [5.41, 5.74) is 1.27. The Bertz CT molecular complexity index is 881. The van der Waals surface area contributed by atoms with Crippen LogP contribution in [-0.4, -0.2) is 16.6 Å². The second-order valence-electron chi connectivity index (χ2n) is 5.23. The molecule has 0 aliphatic heterocycles. The van der Waals surface area contributed by atoms with Crippen LogP contribution in [0.3, 0.4) is 0 Å². The molecular formula is C18H15N3O2S. The highest BCUT2D eigenvalue weighted by molar-refractivity contribution is 7.99. The van der Waals surface area contributed by atoms with Crippen molar-refractivity contribution in [3.05, 3.63) is 60.0 Å². The molecule has 6 heteroatoms. The van der Waals surface area contributed by atoms with Crippen LogP contribution in [0.25, 0.3) is 11.0 Å². The Morgan fingerprint density at radius 3 is 3.00 bits per heavy atom. The van der Waals surface area contributed by atoms with Crippen molar-refractivity contribution in [3.63, 3.8) is 0 Å². The van der Waals surface area contributed by atoms with Crippen molar-refractivity contribution in [2.75, 3.05) is 5.75 Å². The second kappa shape index (κ2) is 7.20. The van der Waals surface area contributed by atoms with Crippen LogP contribution in [0.2, 0.25) is 0 Å². The number of nitriles is 1. The van der Waals surface area contributed by atoms with Gasteiger partial charge in [-0.3, -0.25) is 4.79 Å². The van der Waals surface area contributed by atoms with Crippen molar-refractivity contribution in [1.29, 1.82) is 5.26 Å². The minimum Gasteiger partial charge on any atom is -0.459 e. The fraction of sp³-hybridized carbons (Fsp3) is 0.167. The Morgan fingerprint density at radius 2 is 2.21 bits per heavy atom. The maximum Gasteiger partial charge on any atom is 0.231 e. The SMILES string of the molecule is C[C@@H](NC(=O)CSc1ncccc1C#N)c1cc2ccccc2o1. The van der Waals surface area contributed by atoms with E-state index in [1.807, 2.05) is 37.3 Å². The van der Waals surface area contributed by atoms with Gasteiger partial charge in [0.05, 0.1) is 17.4 Å². The zero-order valence-corrected chi connectivity index (χ0v) is 13.8. The van der Waals surface area contributed by atoms with Crippen molar-refractivity contribution in [3.8, 4) is 6.07 Å².